The Balaban J connectivity index is 1.85. The molecule has 0 bridgehead atoms. The maximum Gasteiger partial charge on any atom is 0.412 e. The summed E-state index contributed by atoms with van der Waals surface area (Å²) in [4.78, 5) is 0. The van der Waals surface area contributed by atoms with Crippen molar-refractivity contribution in [2.45, 2.75) is 161 Å². The lowest BCUT2D eigenvalue weighted by molar-refractivity contribution is -0.499. The Morgan fingerprint density at radius 2 is 0.644 bits per heavy atom. The van der Waals surface area contributed by atoms with Crippen LogP contribution in [0.2, 0.25) is 0 Å². The first-order valence-corrected chi connectivity index (χ1v) is 18.9. The molecule has 0 unspecified atom stereocenters. The largest absolute Gasteiger partial charge is 0.412 e. The average Bonchev–Trinajstić information content (AvgIpc) is 3.07. The van der Waals surface area contributed by atoms with Crippen LogP contribution in [0.5, 0.6) is 0 Å². The van der Waals surface area contributed by atoms with Gasteiger partial charge in [0.05, 0.1) is 26.4 Å². The molecule has 45 heavy (non-hydrogen) atoms. The standard InChI is InChI=1S/C41H68O4/c1-3-5-7-9-11-13-15-17-19-27-35-42-41(44-37-33-39-29-23-21-24-30-39,45-38-34-40-31-25-22-26-32-40)43-36-28-20-18-16-14-12-10-8-6-4-2/h21-26,29-32H,3-20,27-28,33-38H2,1-2H3. The Bertz CT molecular complexity index is 798. The smallest absolute Gasteiger partial charge is 0.303 e. The van der Waals surface area contributed by atoms with Crippen LogP contribution in [-0.2, 0) is 31.8 Å². The zero-order chi connectivity index (χ0) is 31.9. The van der Waals surface area contributed by atoms with Gasteiger partial charge in [0, 0.05) is 0 Å². The van der Waals surface area contributed by atoms with Crippen LogP contribution >= 0.6 is 0 Å². The van der Waals surface area contributed by atoms with Crippen LogP contribution in [0.15, 0.2) is 60.7 Å². The normalized spacial score (nSPS) is 11.8. The lowest BCUT2D eigenvalue weighted by atomic mass is 10.1. The number of hydrogen-bond acceptors (Lipinski definition) is 4. The highest BCUT2D eigenvalue weighted by Gasteiger charge is 2.35. The lowest BCUT2D eigenvalue weighted by Gasteiger charge is -2.32. The highest BCUT2D eigenvalue weighted by atomic mass is 17.0. The predicted molar refractivity (Wildman–Crippen MR) is 191 cm³/mol. The lowest BCUT2D eigenvalue weighted by Crippen LogP contribution is -2.44. The summed E-state index contributed by atoms with van der Waals surface area (Å²) in [5.41, 5.74) is 2.47. The first-order chi connectivity index (χ1) is 22.3. The Morgan fingerprint density at radius 1 is 0.356 bits per heavy atom. The number of rotatable bonds is 32. The maximum absolute atomic E-state index is 6.40. The van der Waals surface area contributed by atoms with Crippen LogP contribution < -0.4 is 0 Å². The minimum atomic E-state index is -1.46. The van der Waals surface area contributed by atoms with Gasteiger partial charge < -0.3 is 18.9 Å². The molecule has 2 aromatic rings. The van der Waals surface area contributed by atoms with Crippen molar-refractivity contribution in [3.63, 3.8) is 0 Å². The van der Waals surface area contributed by atoms with Gasteiger partial charge in [-0.25, -0.2) is 0 Å². The maximum atomic E-state index is 6.40. The van der Waals surface area contributed by atoms with Crippen molar-refractivity contribution in [1.82, 2.24) is 0 Å². The fraction of sp³-hybridized carbons (Fsp3) is 0.707. The zero-order valence-electron chi connectivity index (χ0n) is 29.3. The molecule has 0 aliphatic rings. The van der Waals surface area contributed by atoms with Crippen LogP contribution in [0.3, 0.4) is 0 Å². The highest BCUT2D eigenvalue weighted by molar-refractivity contribution is 5.15. The summed E-state index contributed by atoms with van der Waals surface area (Å²) < 4.78 is 25.6. The van der Waals surface area contributed by atoms with Gasteiger partial charge in [0.1, 0.15) is 0 Å². The van der Waals surface area contributed by atoms with Crippen LogP contribution in [0.25, 0.3) is 0 Å². The van der Waals surface area contributed by atoms with Crippen molar-refractivity contribution in [3.05, 3.63) is 71.8 Å². The second kappa shape index (κ2) is 28.5. The topological polar surface area (TPSA) is 36.9 Å². The van der Waals surface area contributed by atoms with Crippen molar-refractivity contribution in [3.8, 4) is 0 Å². The van der Waals surface area contributed by atoms with Crippen LogP contribution in [0.1, 0.15) is 153 Å². The molecule has 0 N–H and O–H groups in total. The van der Waals surface area contributed by atoms with E-state index in [1.807, 2.05) is 12.1 Å². The van der Waals surface area contributed by atoms with Crippen LogP contribution in [0.4, 0.5) is 0 Å². The van der Waals surface area contributed by atoms with Gasteiger partial charge in [-0.3, -0.25) is 0 Å². The van der Waals surface area contributed by atoms with Crippen LogP contribution in [0, 0.1) is 0 Å². The van der Waals surface area contributed by atoms with E-state index in [9.17, 15) is 0 Å². The summed E-state index contributed by atoms with van der Waals surface area (Å²) in [7, 11) is 0. The summed E-state index contributed by atoms with van der Waals surface area (Å²) in [5, 5.41) is 0. The molecule has 256 valence electrons. The Morgan fingerprint density at radius 3 is 0.978 bits per heavy atom. The van der Waals surface area contributed by atoms with E-state index in [1.165, 1.54) is 114 Å². The molecule has 0 saturated heterocycles. The SMILES string of the molecule is CCCCCCCCCCCCOC(OCCCCCCCCCCCC)(OCCc1ccccc1)OCCc1ccccc1. The first-order valence-electron chi connectivity index (χ1n) is 18.9. The van der Waals surface area contributed by atoms with E-state index in [-0.39, 0.29) is 0 Å². The van der Waals surface area contributed by atoms with E-state index in [0.29, 0.717) is 26.4 Å². The molecule has 2 aromatic carbocycles. The number of ether oxygens (including phenoxy) is 4. The molecule has 2 rings (SSSR count). The van der Waals surface area contributed by atoms with Gasteiger partial charge in [-0.15, -0.1) is 0 Å². The third-order valence-corrected chi connectivity index (χ3v) is 8.58. The van der Waals surface area contributed by atoms with Gasteiger partial charge in [0.2, 0.25) is 0 Å². The summed E-state index contributed by atoms with van der Waals surface area (Å²) in [6, 6.07) is 20.9. The van der Waals surface area contributed by atoms with E-state index in [2.05, 4.69) is 62.4 Å². The van der Waals surface area contributed by atoms with Crippen molar-refractivity contribution in [2.24, 2.45) is 0 Å². The minimum Gasteiger partial charge on any atom is -0.303 e. The van der Waals surface area contributed by atoms with E-state index in [0.717, 1.165) is 38.5 Å². The first kappa shape index (κ1) is 39.5. The van der Waals surface area contributed by atoms with Gasteiger partial charge in [0.15, 0.2) is 0 Å². The fourth-order valence-corrected chi connectivity index (χ4v) is 5.70. The average molecular weight is 625 g/mol. The molecular weight excluding hydrogens is 556 g/mol. The molecule has 0 fully saturated rings. The second-order valence-electron chi connectivity index (χ2n) is 12.7. The molecule has 0 heterocycles. The molecule has 0 aliphatic carbocycles. The van der Waals surface area contributed by atoms with Crippen molar-refractivity contribution >= 4 is 0 Å². The van der Waals surface area contributed by atoms with Crippen molar-refractivity contribution in [2.75, 3.05) is 26.4 Å². The molecule has 0 spiro atoms. The molecule has 0 aliphatic heterocycles. The Labute approximate surface area is 278 Å². The van der Waals surface area contributed by atoms with Gasteiger partial charge in [0.25, 0.3) is 0 Å². The summed E-state index contributed by atoms with van der Waals surface area (Å²) in [5.74, 6) is 0. The molecule has 4 nitrogen and oxygen atoms in total. The van der Waals surface area contributed by atoms with E-state index >= 15 is 0 Å². The quantitative estimate of drug-likeness (QED) is 0.0599. The molecule has 0 amide bonds. The molecule has 0 aromatic heterocycles. The van der Waals surface area contributed by atoms with Crippen molar-refractivity contribution in [1.29, 1.82) is 0 Å². The minimum absolute atomic E-state index is 0.478. The molecule has 0 saturated carbocycles. The second-order valence-corrected chi connectivity index (χ2v) is 12.7. The predicted octanol–water partition coefficient (Wildman–Crippen LogP) is 12.0. The summed E-state index contributed by atoms with van der Waals surface area (Å²) in [6.45, 7) is 6.66. The number of unbranched alkanes of at least 4 members (excludes halogenated alkanes) is 18. The van der Waals surface area contributed by atoms with E-state index < -0.39 is 6.16 Å². The van der Waals surface area contributed by atoms with E-state index in [1.54, 1.807) is 0 Å². The molecule has 4 heteroatoms. The number of benzene rings is 2. The fourth-order valence-electron chi connectivity index (χ4n) is 5.70. The molecule has 0 radical (unpaired) electrons. The third-order valence-electron chi connectivity index (χ3n) is 8.58. The van der Waals surface area contributed by atoms with Gasteiger partial charge in [-0.1, -0.05) is 190 Å². The Hall–Kier alpha value is -1.72. The van der Waals surface area contributed by atoms with Gasteiger partial charge >= 0.3 is 6.16 Å². The van der Waals surface area contributed by atoms with E-state index in [4.69, 9.17) is 18.9 Å². The summed E-state index contributed by atoms with van der Waals surface area (Å²) >= 11 is 0. The summed E-state index contributed by atoms with van der Waals surface area (Å²) in [6.07, 6.45) is 25.9. The third kappa shape index (κ3) is 21.7. The number of hydrogen-bond donors (Lipinski definition) is 0. The van der Waals surface area contributed by atoms with Gasteiger partial charge in [-0.05, 0) is 36.8 Å². The molecular formula is C41H68O4. The van der Waals surface area contributed by atoms with Crippen molar-refractivity contribution < 1.29 is 18.9 Å². The highest BCUT2D eigenvalue weighted by Crippen LogP contribution is 2.22. The van der Waals surface area contributed by atoms with Gasteiger partial charge in [-0.2, -0.15) is 0 Å². The van der Waals surface area contributed by atoms with Crippen LogP contribution in [-0.4, -0.2) is 32.6 Å². The molecule has 0 atom stereocenters. The Kier molecular flexibility index (Phi) is 25.0. The monoisotopic (exact) mass is 625 g/mol. The zero-order valence-corrected chi connectivity index (χ0v) is 29.3.